The number of benzene rings is 3. The smallest absolute Gasteiger partial charge is 0.346 e. The molecule has 9 heteroatoms. The maximum atomic E-state index is 13.8. The highest BCUT2D eigenvalue weighted by Gasteiger charge is 2.32. The average molecular weight is 612 g/mol. The Morgan fingerprint density at radius 2 is 1.51 bits per heavy atom. The second kappa shape index (κ2) is 11.6. The maximum Gasteiger partial charge on any atom is 0.346 e. The summed E-state index contributed by atoms with van der Waals surface area (Å²) in [5.74, 6) is -0.969. The van der Waals surface area contributed by atoms with Crippen LogP contribution in [0.15, 0.2) is 78.9 Å². The monoisotopic (exact) mass is 611 g/mol. The summed E-state index contributed by atoms with van der Waals surface area (Å²) in [7, 11) is 0. The van der Waals surface area contributed by atoms with E-state index in [1.807, 2.05) is 71.6 Å². The van der Waals surface area contributed by atoms with Crippen LogP contribution in [0, 0.1) is 0 Å². The van der Waals surface area contributed by atoms with E-state index < -0.39 is 5.97 Å². The number of carboxylic acid groups (broad SMARTS) is 1. The van der Waals surface area contributed by atoms with Crippen LogP contribution in [0.1, 0.15) is 26.4 Å². The van der Waals surface area contributed by atoms with Gasteiger partial charge in [-0.2, -0.15) is 0 Å². The summed E-state index contributed by atoms with van der Waals surface area (Å²) < 4.78 is 8.43. The molecule has 0 aliphatic carbocycles. The van der Waals surface area contributed by atoms with Gasteiger partial charge in [0, 0.05) is 48.9 Å². The zero-order valence-corrected chi connectivity index (χ0v) is 25.0. The molecule has 0 unspecified atom stereocenters. The molecule has 2 aromatic heterocycles. The largest absolute Gasteiger partial charge is 0.477 e. The molecule has 1 amide bonds. The van der Waals surface area contributed by atoms with Crippen molar-refractivity contribution in [2.75, 3.05) is 26.3 Å². The molecule has 218 valence electrons. The summed E-state index contributed by atoms with van der Waals surface area (Å²) in [5.41, 5.74) is 7.76. The lowest BCUT2D eigenvalue weighted by atomic mass is 10.0. The number of amides is 1. The van der Waals surface area contributed by atoms with Gasteiger partial charge < -0.3 is 19.3 Å². The zero-order valence-electron chi connectivity index (χ0n) is 23.5. The van der Waals surface area contributed by atoms with Gasteiger partial charge in [0.15, 0.2) is 0 Å². The molecule has 5 aromatic rings. The minimum absolute atomic E-state index is 0.0161. The van der Waals surface area contributed by atoms with Gasteiger partial charge in [0.25, 0.3) is 0 Å². The third-order valence-corrected chi connectivity index (χ3v) is 9.78. The lowest BCUT2D eigenvalue weighted by Crippen LogP contribution is -2.42. The highest BCUT2D eigenvalue weighted by molar-refractivity contribution is 7.21. The Labute approximate surface area is 258 Å². The van der Waals surface area contributed by atoms with Gasteiger partial charge >= 0.3 is 5.97 Å². The number of ether oxygens (including phenoxy) is 1. The van der Waals surface area contributed by atoms with Gasteiger partial charge in [0.1, 0.15) is 11.4 Å². The molecule has 0 spiro atoms. The fourth-order valence-corrected chi connectivity index (χ4v) is 7.66. The minimum Gasteiger partial charge on any atom is -0.477 e. The summed E-state index contributed by atoms with van der Waals surface area (Å²) in [6, 6.07) is 26.0. The first-order chi connectivity index (χ1) is 21.0. The molecule has 0 radical (unpaired) electrons. The highest BCUT2D eigenvalue weighted by atomic mass is 35.5. The van der Waals surface area contributed by atoms with Crippen molar-refractivity contribution in [2.45, 2.75) is 26.2 Å². The van der Waals surface area contributed by atoms with Crippen molar-refractivity contribution >= 4 is 45.0 Å². The molecular formula is C34H30ClN3O4S. The van der Waals surface area contributed by atoms with Gasteiger partial charge in [-0.3, -0.25) is 9.69 Å². The SMILES string of the molecule is O=C(O)c1sc2c(-c3ccccc3)c(-c3ccc(Cl)cc3)n(CC(=O)N3CCOCC3)c2c1CN1Cc2ccccc2C1. The third kappa shape index (κ3) is 5.25. The third-order valence-electron chi connectivity index (χ3n) is 8.30. The van der Waals surface area contributed by atoms with E-state index in [4.69, 9.17) is 16.3 Å². The van der Waals surface area contributed by atoms with Crippen molar-refractivity contribution in [3.05, 3.63) is 105 Å². The lowest BCUT2D eigenvalue weighted by molar-refractivity contribution is -0.135. The van der Waals surface area contributed by atoms with E-state index in [-0.39, 0.29) is 12.5 Å². The van der Waals surface area contributed by atoms with Gasteiger partial charge in [0.05, 0.1) is 29.1 Å². The van der Waals surface area contributed by atoms with Crippen LogP contribution in [0.3, 0.4) is 0 Å². The normalized spacial score (nSPS) is 15.2. The fraction of sp³-hybridized carbons (Fsp3) is 0.235. The van der Waals surface area contributed by atoms with E-state index in [1.165, 1.54) is 22.5 Å². The summed E-state index contributed by atoms with van der Waals surface area (Å²) in [6.45, 7) is 4.13. The first-order valence-electron chi connectivity index (χ1n) is 14.3. The first kappa shape index (κ1) is 27.9. The summed E-state index contributed by atoms with van der Waals surface area (Å²) in [6.07, 6.45) is 0. The van der Waals surface area contributed by atoms with Crippen LogP contribution in [-0.4, -0.2) is 57.7 Å². The molecule has 7 rings (SSSR count). The summed E-state index contributed by atoms with van der Waals surface area (Å²) in [4.78, 5) is 31.1. The number of carbonyl (C=O) groups excluding carboxylic acids is 1. The molecule has 2 aliphatic heterocycles. The van der Waals surface area contributed by atoms with Crippen LogP contribution in [-0.2, 0) is 35.7 Å². The number of hydrogen-bond acceptors (Lipinski definition) is 5. The summed E-state index contributed by atoms with van der Waals surface area (Å²) >= 11 is 7.60. The van der Waals surface area contributed by atoms with Gasteiger partial charge in [-0.15, -0.1) is 11.3 Å². The van der Waals surface area contributed by atoms with Crippen molar-refractivity contribution in [1.82, 2.24) is 14.4 Å². The van der Waals surface area contributed by atoms with Crippen LogP contribution in [0.4, 0.5) is 0 Å². The van der Waals surface area contributed by atoms with Crippen LogP contribution < -0.4 is 0 Å². The fourth-order valence-electron chi connectivity index (χ4n) is 6.31. The second-order valence-electron chi connectivity index (χ2n) is 11.0. The molecule has 3 aromatic carbocycles. The Morgan fingerprint density at radius 3 is 2.16 bits per heavy atom. The quantitative estimate of drug-likeness (QED) is 0.220. The predicted molar refractivity (Wildman–Crippen MR) is 169 cm³/mol. The van der Waals surface area contributed by atoms with E-state index in [0.29, 0.717) is 42.7 Å². The number of thiophene rings is 1. The van der Waals surface area contributed by atoms with Crippen LogP contribution in [0.25, 0.3) is 32.6 Å². The van der Waals surface area contributed by atoms with Crippen molar-refractivity contribution in [2.24, 2.45) is 0 Å². The topological polar surface area (TPSA) is 75.0 Å². The predicted octanol–water partition coefficient (Wildman–Crippen LogP) is 6.76. The van der Waals surface area contributed by atoms with Crippen molar-refractivity contribution in [3.63, 3.8) is 0 Å². The molecule has 43 heavy (non-hydrogen) atoms. The van der Waals surface area contributed by atoms with E-state index >= 15 is 0 Å². The Bertz CT molecular complexity index is 1800. The molecule has 1 N–H and O–H groups in total. The molecule has 7 nitrogen and oxygen atoms in total. The standard InChI is InChI=1S/C34H30ClN3O4S/c35-26-12-10-23(11-13-26)30-29(22-6-2-1-3-7-22)33-31(38(30)21-28(39)37-14-16-42-17-15-37)27(32(43-33)34(40)41)20-36-18-24-8-4-5-9-25(24)19-36/h1-13H,14-21H2,(H,40,41). The van der Waals surface area contributed by atoms with E-state index in [0.717, 1.165) is 51.3 Å². The summed E-state index contributed by atoms with van der Waals surface area (Å²) in [5, 5.41) is 11.1. The van der Waals surface area contributed by atoms with E-state index in [1.54, 1.807) is 0 Å². The number of halogens is 1. The lowest BCUT2D eigenvalue weighted by Gasteiger charge is -2.27. The second-order valence-corrected chi connectivity index (χ2v) is 12.4. The highest BCUT2D eigenvalue weighted by Crippen LogP contribution is 2.47. The van der Waals surface area contributed by atoms with Crippen molar-refractivity contribution in [1.29, 1.82) is 0 Å². The molecule has 0 saturated carbocycles. The number of rotatable bonds is 7. The number of aromatic carboxylic acids is 1. The van der Waals surface area contributed by atoms with Gasteiger partial charge in [-0.1, -0.05) is 78.3 Å². The molecule has 1 fully saturated rings. The molecule has 0 atom stereocenters. The Hall–Kier alpha value is -3.95. The van der Waals surface area contributed by atoms with Gasteiger partial charge in [-0.05, 0) is 34.4 Å². The molecule has 0 bridgehead atoms. The van der Waals surface area contributed by atoms with Crippen molar-refractivity contribution < 1.29 is 19.4 Å². The van der Waals surface area contributed by atoms with Crippen LogP contribution in [0.2, 0.25) is 5.02 Å². The number of hydrogen-bond donors (Lipinski definition) is 1. The average Bonchev–Trinajstić information content (AvgIpc) is 3.70. The molecular weight excluding hydrogens is 582 g/mol. The maximum absolute atomic E-state index is 13.8. The number of carboxylic acids is 1. The number of nitrogens with zero attached hydrogens (tertiary/aromatic N) is 3. The van der Waals surface area contributed by atoms with Crippen LogP contribution in [0.5, 0.6) is 0 Å². The van der Waals surface area contributed by atoms with Gasteiger partial charge in [0.2, 0.25) is 5.91 Å². The number of aromatic nitrogens is 1. The minimum atomic E-state index is -0.953. The Balaban J connectivity index is 1.46. The zero-order chi connectivity index (χ0) is 29.5. The number of carbonyl (C=O) groups is 2. The first-order valence-corrected chi connectivity index (χ1v) is 15.5. The Morgan fingerprint density at radius 1 is 0.860 bits per heavy atom. The molecule has 4 heterocycles. The molecule has 2 aliphatic rings. The van der Waals surface area contributed by atoms with Crippen molar-refractivity contribution in [3.8, 4) is 22.4 Å². The van der Waals surface area contributed by atoms with E-state index in [9.17, 15) is 14.7 Å². The van der Waals surface area contributed by atoms with Crippen LogP contribution >= 0.6 is 22.9 Å². The Kier molecular flexibility index (Phi) is 7.53. The molecule has 1 saturated heterocycles. The van der Waals surface area contributed by atoms with E-state index in [2.05, 4.69) is 21.6 Å². The number of morpholine rings is 1. The van der Waals surface area contributed by atoms with Gasteiger partial charge in [-0.25, -0.2) is 4.79 Å². The number of fused-ring (bicyclic) bond motifs is 2.